The van der Waals surface area contributed by atoms with Gasteiger partial charge < -0.3 is 20.6 Å². The number of H-pyrrole nitrogens is 1. The first-order valence-corrected chi connectivity index (χ1v) is 5.24. The average molecular weight is 234 g/mol. The summed E-state index contributed by atoms with van der Waals surface area (Å²) in [6.45, 7) is 0. The Morgan fingerprint density at radius 2 is 2.35 bits per heavy atom. The van der Waals surface area contributed by atoms with E-state index in [1.54, 1.807) is 7.11 Å². The molecule has 0 spiro atoms. The first-order chi connectivity index (χ1) is 8.11. The molecule has 0 amide bonds. The first kappa shape index (κ1) is 11.5. The number of aromatic amines is 1. The molecule has 5 heteroatoms. The lowest BCUT2D eigenvalue weighted by Crippen LogP contribution is -2.32. The molecule has 1 aromatic heterocycles. The van der Waals surface area contributed by atoms with Crippen molar-refractivity contribution in [2.75, 3.05) is 7.11 Å². The third kappa shape index (κ3) is 2.24. The highest BCUT2D eigenvalue weighted by Crippen LogP contribution is 2.27. The van der Waals surface area contributed by atoms with Crippen LogP contribution in [0, 0.1) is 0 Å². The quantitative estimate of drug-likeness (QED) is 0.740. The van der Waals surface area contributed by atoms with Gasteiger partial charge in [-0.2, -0.15) is 0 Å². The third-order valence-electron chi connectivity index (χ3n) is 2.68. The maximum atomic E-state index is 10.7. The number of methoxy groups -OCH3 is 1. The van der Waals surface area contributed by atoms with E-state index in [0.717, 1.165) is 22.2 Å². The lowest BCUT2D eigenvalue weighted by Gasteiger charge is -2.09. The number of hydrogen-bond acceptors (Lipinski definition) is 3. The number of carboxylic acids is 1. The molecule has 4 N–H and O–H groups in total. The largest absolute Gasteiger partial charge is 0.496 e. The van der Waals surface area contributed by atoms with Crippen LogP contribution in [0.3, 0.4) is 0 Å². The van der Waals surface area contributed by atoms with Crippen molar-refractivity contribution in [3.63, 3.8) is 0 Å². The molecule has 0 radical (unpaired) electrons. The molecule has 1 aromatic carbocycles. The van der Waals surface area contributed by atoms with Gasteiger partial charge in [0.05, 0.1) is 7.11 Å². The Bertz CT molecular complexity index is 548. The lowest BCUT2D eigenvalue weighted by molar-refractivity contribution is -0.138. The minimum absolute atomic E-state index is 0.278. The monoisotopic (exact) mass is 234 g/mol. The molecule has 5 nitrogen and oxygen atoms in total. The zero-order chi connectivity index (χ0) is 12.4. The molecule has 0 aliphatic rings. The Balaban J connectivity index is 2.38. The fourth-order valence-corrected chi connectivity index (χ4v) is 1.82. The van der Waals surface area contributed by atoms with Crippen LogP contribution in [0.25, 0.3) is 10.9 Å². The van der Waals surface area contributed by atoms with Crippen LogP contribution < -0.4 is 10.5 Å². The van der Waals surface area contributed by atoms with Crippen molar-refractivity contribution < 1.29 is 14.6 Å². The number of nitrogens with one attached hydrogen (secondary N) is 1. The number of nitrogens with two attached hydrogens (primary N) is 1. The van der Waals surface area contributed by atoms with Crippen molar-refractivity contribution in [2.45, 2.75) is 12.5 Å². The molecule has 1 heterocycles. The van der Waals surface area contributed by atoms with Crippen LogP contribution in [0.1, 0.15) is 5.56 Å². The predicted octanol–water partition coefficient (Wildman–Crippen LogP) is 1.13. The molecule has 0 bridgehead atoms. The standard InChI is InChI=1S/C12H14N2O3/c1-17-11-6-7(4-9(13)12(15)16)5-10-8(11)2-3-14-10/h2-3,5-6,9,14H,4,13H2,1H3,(H,15,16). The second kappa shape index (κ2) is 4.47. The van der Waals surface area contributed by atoms with E-state index in [-0.39, 0.29) is 6.42 Å². The summed E-state index contributed by atoms with van der Waals surface area (Å²) in [6.07, 6.45) is 2.09. The molecule has 0 saturated heterocycles. The average Bonchev–Trinajstić information content (AvgIpc) is 2.75. The van der Waals surface area contributed by atoms with Gasteiger partial charge in [-0.25, -0.2) is 0 Å². The Labute approximate surface area is 98.2 Å². The van der Waals surface area contributed by atoms with Crippen molar-refractivity contribution in [1.29, 1.82) is 0 Å². The summed E-state index contributed by atoms with van der Waals surface area (Å²) in [5.41, 5.74) is 7.26. The smallest absolute Gasteiger partial charge is 0.320 e. The first-order valence-electron chi connectivity index (χ1n) is 5.24. The highest BCUT2D eigenvalue weighted by molar-refractivity contribution is 5.86. The summed E-state index contributed by atoms with van der Waals surface area (Å²) in [4.78, 5) is 13.8. The summed E-state index contributed by atoms with van der Waals surface area (Å²) < 4.78 is 5.26. The summed E-state index contributed by atoms with van der Waals surface area (Å²) in [6, 6.07) is 4.72. The molecule has 1 unspecified atom stereocenters. The van der Waals surface area contributed by atoms with Gasteiger partial charge in [0.2, 0.25) is 0 Å². The van der Waals surface area contributed by atoms with E-state index in [1.807, 2.05) is 24.4 Å². The number of rotatable bonds is 4. The number of carbonyl (C=O) groups is 1. The third-order valence-corrected chi connectivity index (χ3v) is 2.68. The van der Waals surface area contributed by atoms with Gasteiger partial charge in [-0.3, -0.25) is 4.79 Å². The number of benzene rings is 1. The van der Waals surface area contributed by atoms with Gasteiger partial charge in [0.15, 0.2) is 0 Å². The molecule has 0 aliphatic carbocycles. The van der Waals surface area contributed by atoms with Crippen molar-refractivity contribution in [3.05, 3.63) is 30.0 Å². The number of aromatic nitrogens is 1. The SMILES string of the molecule is COc1cc(CC(N)C(=O)O)cc2[nH]ccc12. The van der Waals surface area contributed by atoms with Crippen molar-refractivity contribution in [2.24, 2.45) is 5.73 Å². The van der Waals surface area contributed by atoms with E-state index < -0.39 is 12.0 Å². The fraction of sp³-hybridized carbons (Fsp3) is 0.250. The van der Waals surface area contributed by atoms with E-state index in [0.29, 0.717) is 0 Å². The van der Waals surface area contributed by atoms with Gasteiger partial charge >= 0.3 is 5.97 Å². The zero-order valence-electron chi connectivity index (χ0n) is 9.43. The van der Waals surface area contributed by atoms with Gasteiger partial charge in [0.1, 0.15) is 11.8 Å². The maximum absolute atomic E-state index is 10.7. The van der Waals surface area contributed by atoms with E-state index >= 15 is 0 Å². The second-order valence-corrected chi connectivity index (χ2v) is 3.89. The van der Waals surface area contributed by atoms with Crippen LogP contribution in [-0.4, -0.2) is 29.2 Å². The topological polar surface area (TPSA) is 88.3 Å². The van der Waals surface area contributed by atoms with Gasteiger partial charge in [0.25, 0.3) is 0 Å². The van der Waals surface area contributed by atoms with Crippen molar-refractivity contribution in [3.8, 4) is 5.75 Å². The summed E-state index contributed by atoms with van der Waals surface area (Å²) in [7, 11) is 1.59. The second-order valence-electron chi connectivity index (χ2n) is 3.89. The molecule has 1 atom stereocenters. The predicted molar refractivity (Wildman–Crippen MR) is 64.2 cm³/mol. The molecular weight excluding hydrogens is 220 g/mol. The number of ether oxygens (including phenoxy) is 1. The van der Waals surface area contributed by atoms with Gasteiger partial charge in [-0.15, -0.1) is 0 Å². The fourth-order valence-electron chi connectivity index (χ4n) is 1.82. The number of carboxylic acid groups (broad SMARTS) is 1. The van der Waals surface area contributed by atoms with Crippen LogP contribution in [0.5, 0.6) is 5.75 Å². The van der Waals surface area contributed by atoms with E-state index in [1.165, 1.54) is 0 Å². The minimum atomic E-state index is -1.00. The van der Waals surface area contributed by atoms with E-state index in [4.69, 9.17) is 15.6 Å². The number of aliphatic carboxylic acids is 1. The van der Waals surface area contributed by atoms with E-state index in [9.17, 15) is 4.79 Å². The molecule has 0 saturated carbocycles. The van der Waals surface area contributed by atoms with Gasteiger partial charge in [-0.1, -0.05) is 0 Å². The van der Waals surface area contributed by atoms with Crippen molar-refractivity contribution >= 4 is 16.9 Å². The Morgan fingerprint density at radius 3 is 3.00 bits per heavy atom. The normalized spacial score (nSPS) is 12.6. The number of hydrogen-bond donors (Lipinski definition) is 3. The van der Waals surface area contributed by atoms with Gasteiger partial charge in [-0.05, 0) is 30.2 Å². The molecule has 90 valence electrons. The zero-order valence-corrected chi connectivity index (χ0v) is 9.43. The highest BCUT2D eigenvalue weighted by atomic mass is 16.5. The Hall–Kier alpha value is -2.01. The van der Waals surface area contributed by atoms with Crippen LogP contribution >= 0.6 is 0 Å². The molecule has 0 fully saturated rings. The molecular formula is C12H14N2O3. The maximum Gasteiger partial charge on any atom is 0.320 e. The molecule has 0 aliphatic heterocycles. The highest BCUT2D eigenvalue weighted by Gasteiger charge is 2.14. The Kier molecular flexibility index (Phi) is 3.01. The Morgan fingerprint density at radius 1 is 1.59 bits per heavy atom. The summed E-state index contributed by atoms with van der Waals surface area (Å²) in [5, 5.41) is 9.75. The molecule has 2 aromatic rings. The minimum Gasteiger partial charge on any atom is -0.496 e. The van der Waals surface area contributed by atoms with Crippen LogP contribution in [-0.2, 0) is 11.2 Å². The van der Waals surface area contributed by atoms with Crippen molar-refractivity contribution in [1.82, 2.24) is 4.98 Å². The van der Waals surface area contributed by atoms with Crippen LogP contribution in [0.2, 0.25) is 0 Å². The molecule has 2 rings (SSSR count). The number of fused-ring (bicyclic) bond motifs is 1. The molecule has 17 heavy (non-hydrogen) atoms. The van der Waals surface area contributed by atoms with Gasteiger partial charge in [0, 0.05) is 17.1 Å². The summed E-state index contributed by atoms with van der Waals surface area (Å²) >= 11 is 0. The van der Waals surface area contributed by atoms with Crippen LogP contribution in [0.15, 0.2) is 24.4 Å². The lowest BCUT2D eigenvalue weighted by atomic mass is 10.0. The van der Waals surface area contributed by atoms with Crippen LogP contribution in [0.4, 0.5) is 0 Å². The van der Waals surface area contributed by atoms with E-state index in [2.05, 4.69) is 4.98 Å². The summed E-state index contributed by atoms with van der Waals surface area (Å²) in [5.74, 6) is -0.285.